The molecular weight excluding hydrogens is 366 g/mol. The average molecular weight is 396 g/mol. The van der Waals surface area contributed by atoms with Gasteiger partial charge in [-0.3, -0.25) is 0 Å². The maximum atomic E-state index is 12.8. The molecule has 2 aromatic carbocycles. The molecule has 4 rings (SSSR count). The van der Waals surface area contributed by atoms with Crippen LogP contribution in [-0.2, 0) is 13.0 Å². The van der Waals surface area contributed by atoms with Gasteiger partial charge in [-0.15, -0.1) is 0 Å². The van der Waals surface area contributed by atoms with Crippen molar-refractivity contribution in [2.24, 2.45) is 0 Å². The minimum atomic E-state index is -0.0730. The van der Waals surface area contributed by atoms with Crippen molar-refractivity contribution in [3.63, 3.8) is 0 Å². The van der Waals surface area contributed by atoms with E-state index < -0.39 is 0 Å². The second kappa shape index (κ2) is 8.64. The molecule has 2 aromatic rings. The molecule has 29 heavy (non-hydrogen) atoms. The lowest BCUT2D eigenvalue weighted by molar-refractivity contribution is 0.206. The summed E-state index contributed by atoms with van der Waals surface area (Å²) in [4.78, 5) is 17.0. The van der Waals surface area contributed by atoms with Gasteiger partial charge < -0.3 is 24.6 Å². The molecule has 2 amide bonds. The molecule has 2 aliphatic heterocycles. The van der Waals surface area contributed by atoms with E-state index >= 15 is 0 Å². The van der Waals surface area contributed by atoms with E-state index in [1.807, 2.05) is 29.2 Å². The number of carbonyl (C=O) groups is 1. The van der Waals surface area contributed by atoms with Gasteiger partial charge in [0.2, 0.25) is 0 Å². The third-order valence-electron chi connectivity index (χ3n) is 5.85. The summed E-state index contributed by atoms with van der Waals surface area (Å²) in [7, 11) is 3.27. The first-order valence-corrected chi connectivity index (χ1v) is 10.3. The van der Waals surface area contributed by atoms with Crippen molar-refractivity contribution >= 4 is 17.4 Å². The lowest BCUT2D eigenvalue weighted by atomic mass is 9.99. The van der Waals surface area contributed by atoms with E-state index in [0.717, 1.165) is 36.5 Å². The summed E-state index contributed by atoms with van der Waals surface area (Å²) in [5.41, 5.74) is 4.37. The van der Waals surface area contributed by atoms with Crippen molar-refractivity contribution in [2.45, 2.75) is 32.2 Å². The van der Waals surface area contributed by atoms with Crippen LogP contribution in [0.2, 0.25) is 0 Å². The van der Waals surface area contributed by atoms with Gasteiger partial charge in [0.05, 0.1) is 14.2 Å². The maximum absolute atomic E-state index is 12.8. The van der Waals surface area contributed by atoms with Gasteiger partial charge in [-0.2, -0.15) is 0 Å². The first-order valence-electron chi connectivity index (χ1n) is 10.3. The number of rotatable bonds is 4. The van der Waals surface area contributed by atoms with E-state index in [2.05, 4.69) is 22.3 Å². The van der Waals surface area contributed by atoms with Gasteiger partial charge in [0.1, 0.15) is 0 Å². The number of ether oxygens (including phenoxy) is 2. The fourth-order valence-corrected chi connectivity index (χ4v) is 4.17. The van der Waals surface area contributed by atoms with E-state index in [9.17, 15) is 4.79 Å². The molecule has 0 bridgehead atoms. The molecule has 0 radical (unpaired) electrons. The van der Waals surface area contributed by atoms with Crippen LogP contribution in [0.1, 0.15) is 30.4 Å². The Morgan fingerprint density at radius 2 is 1.55 bits per heavy atom. The Morgan fingerprint density at radius 1 is 0.897 bits per heavy atom. The number of fused-ring (bicyclic) bond motifs is 1. The van der Waals surface area contributed by atoms with E-state index in [4.69, 9.17) is 9.47 Å². The maximum Gasteiger partial charge on any atom is 0.322 e. The summed E-state index contributed by atoms with van der Waals surface area (Å²) in [6.07, 6.45) is 4.64. The summed E-state index contributed by atoms with van der Waals surface area (Å²) in [6, 6.07) is 12.1. The zero-order valence-electron chi connectivity index (χ0n) is 17.2. The van der Waals surface area contributed by atoms with Crippen molar-refractivity contribution in [3.8, 4) is 11.5 Å². The van der Waals surface area contributed by atoms with E-state index in [0.29, 0.717) is 18.8 Å². The predicted molar refractivity (Wildman–Crippen MR) is 115 cm³/mol. The highest BCUT2D eigenvalue weighted by Gasteiger charge is 2.23. The number of nitrogens with one attached hydrogen (secondary N) is 1. The largest absolute Gasteiger partial charge is 0.493 e. The molecule has 1 fully saturated rings. The summed E-state index contributed by atoms with van der Waals surface area (Å²) >= 11 is 0. The van der Waals surface area contributed by atoms with E-state index in [1.54, 1.807) is 14.2 Å². The fraction of sp³-hybridized carbons (Fsp3) is 0.435. The van der Waals surface area contributed by atoms with Gasteiger partial charge in [0, 0.05) is 37.6 Å². The number of urea groups is 1. The second-order valence-corrected chi connectivity index (χ2v) is 7.67. The zero-order valence-corrected chi connectivity index (χ0v) is 17.2. The molecule has 2 aliphatic rings. The smallest absolute Gasteiger partial charge is 0.322 e. The third kappa shape index (κ3) is 4.26. The van der Waals surface area contributed by atoms with Crippen molar-refractivity contribution < 1.29 is 14.3 Å². The van der Waals surface area contributed by atoms with Gasteiger partial charge in [-0.25, -0.2) is 4.79 Å². The van der Waals surface area contributed by atoms with E-state index in [1.165, 1.54) is 30.5 Å². The summed E-state index contributed by atoms with van der Waals surface area (Å²) in [5.74, 6) is 1.43. The number of anilines is 2. The standard InChI is InChI=1S/C23H29N3O3/c1-28-21-14-17-10-13-26(16-18(17)15-22(21)29-2)23(27)24-19-6-8-20(9-7-19)25-11-4-3-5-12-25/h6-9,14-15H,3-5,10-13,16H2,1-2H3,(H,24,27). The predicted octanol–water partition coefficient (Wildman–Crippen LogP) is 4.28. The van der Waals surface area contributed by atoms with E-state index in [-0.39, 0.29) is 6.03 Å². The molecule has 0 atom stereocenters. The molecule has 1 saturated heterocycles. The van der Waals surface area contributed by atoms with Gasteiger partial charge in [0.25, 0.3) is 0 Å². The van der Waals surface area contributed by atoms with Gasteiger partial charge in [-0.1, -0.05) is 0 Å². The molecule has 0 aromatic heterocycles. The van der Waals surface area contributed by atoms with Crippen molar-refractivity contribution in [3.05, 3.63) is 47.5 Å². The molecule has 0 aliphatic carbocycles. The Bertz CT molecular complexity index is 860. The summed E-state index contributed by atoms with van der Waals surface area (Å²) in [5, 5.41) is 3.04. The molecular formula is C23H29N3O3. The normalized spacial score (nSPS) is 16.2. The summed E-state index contributed by atoms with van der Waals surface area (Å²) in [6.45, 7) is 3.48. The van der Waals surface area contributed by atoms with Crippen LogP contribution < -0.4 is 19.7 Å². The quantitative estimate of drug-likeness (QED) is 0.839. The Balaban J connectivity index is 1.40. The fourth-order valence-electron chi connectivity index (χ4n) is 4.17. The number of carbonyl (C=O) groups excluding carboxylic acids is 1. The van der Waals surface area contributed by atoms with Crippen molar-refractivity contribution in [1.82, 2.24) is 4.90 Å². The van der Waals surface area contributed by atoms with Crippen LogP contribution in [0.4, 0.5) is 16.2 Å². The second-order valence-electron chi connectivity index (χ2n) is 7.67. The average Bonchev–Trinajstić information content (AvgIpc) is 2.78. The SMILES string of the molecule is COc1cc2c(cc1OC)CN(C(=O)Nc1ccc(N3CCCCC3)cc1)CC2. The minimum absolute atomic E-state index is 0.0730. The molecule has 0 spiro atoms. The summed E-state index contributed by atoms with van der Waals surface area (Å²) < 4.78 is 10.8. The zero-order chi connectivity index (χ0) is 20.2. The number of hydrogen-bond acceptors (Lipinski definition) is 4. The topological polar surface area (TPSA) is 54.0 Å². The molecule has 0 saturated carbocycles. The monoisotopic (exact) mass is 395 g/mol. The van der Waals surface area contributed by atoms with Crippen LogP contribution in [0.15, 0.2) is 36.4 Å². The number of amides is 2. The van der Waals surface area contributed by atoms with Crippen LogP contribution in [0, 0.1) is 0 Å². The highest BCUT2D eigenvalue weighted by molar-refractivity contribution is 5.89. The minimum Gasteiger partial charge on any atom is -0.493 e. The van der Waals surface area contributed by atoms with Crippen LogP contribution in [0.3, 0.4) is 0 Å². The number of methoxy groups -OCH3 is 2. The van der Waals surface area contributed by atoms with Crippen molar-refractivity contribution in [1.29, 1.82) is 0 Å². The van der Waals surface area contributed by atoms with Crippen LogP contribution >= 0.6 is 0 Å². The van der Waals surface area contributed by atoms with Gasteiger partial charge in [0.15, 0.2) is 11.5 Å². The third-order valence-corrected chi connectivity index (χ3v) is 5.85. The highest BCUT2D eigenvalue weighted by Crippen LogP contribution is 2.33. The van der Waals surface area contributed by atoms with Crippen molar-refractivity contribution in [2.75, 3.05) is 44.1 Å². The first-order chi connectivity index (χ1) is 14.2. The molecule has 1 N–H and O–H groups in total. The van der Waals surface area contributed by atoms with Crippen LogP contribution in [0.25, 0.3) is 0 Å². The molecule has 0 unspecified atom stereocenters. The first kappa shape index (κ1) is 19.4. The lowest BCUT2D eigenvalue weighted by Crippen LogP contribution is -2.38. The van der Waals surface area contributed by atoms with Gasteiger partial charge >= 0.3 is 6.03 Å². The highest BCUT2D eigenvalue weighted by atomic mass is 16.5. The molecule has 154 valence electrons. The number of nitrogens with zero attached hydrogens (tertiary/aromatic N) is 2. The Kier molecular flexibility index (Phi) is 5.79. The lowest BCUT2D eigenvalue weighted by Gasteiger charge is -2.30. The number of piperidine rings is 1. The number of hydrogen-bond donors (Lipinski definition) is 1. The van der Waals surface area contributed by atoms with Crippen LogP contribution in [0.5, 0.6) is 11.5 Å². The molecule has 6 heteroatoms. The molecule has 6 nitrogen and oxygen atoms in total. The Labute approximate surface area is 172 Å². The van der Waals surface area contributed by atoms with Gasteiger partial charge in [-0.05, 0) is 73.2 Å². The molecule has 2 heterocycles. The number of benzene rings is 2. The Morgan fingerprint density at radius 3 is 2.21 bits per heavy atom. The Hall–Kier alpha value is -2.89. The van der Waals surface area contributed by atoms with Crippen LogP contribution in [-0.4, -0.2) is 44.8 Å².